The number of nitrogens with zero attached hydrogens (tertiary/aromatic N) is 8. The zero-order valence-electron chi connectivity index (χ0n) is 37.1. The van der Waals surface area contributed by atoms with Gasteiger partial charge < -0.3 is 31.7 Å². The molecule has 0 aliphatic carbocycles. The molecule has 14 aromatic rings. The molecule has 0 saturated heterocycles. The number of isothiocyanates is 2. The number of pyridine rings is 4. The number of rotatable bonds is 2. The van der Waals surface area contributed by atoms with Crippen molar-refractivity contribution in [2.24, 2.45) is 0 Å². The van der Waals surface area contributed by atoms with Crippen LogP contribution in [0, 0.1) is 0 Å². The van der Waals surface area contributed by atoms with E-state index in [1.807, 2.05) is 49.1 Å². The molecule has 14 rings (SSSR count). The van der Waals surface area contributed by atoms with Gasteiger partial charge in [-0.05, 0) is 104 Å². The van der Waals surface area contributed by atoms with Gasteiger partial charge in [0.1, 0.15) is 11.6 Å². The van der Waals surface area contributed by atoms with E-state index in [0.717, 1.165) is 88.5 Å². The number of aromatic nitrogens is 8. The average molecular weight is 1000 g/mol. The Balaban J connectivity index is 0.000000165. The van der Waals surface area contributed by atoms with Crippen molar-refractivity contribution in [2.45, 2.75) is 0 Å². The normalized spacial score (nSPS) is 10.6. The minimum atomic E-state index is 0. The van der Waals surface area contributed by atoms with Crippen LogP contribution in [0.15, 0.2) is 183 Å². The van der Waals surface area contributed by atoms with Gasteiger partial charge >= 0.3 is 17.1 Å². The smallest absolute Gasteiger partial charge is 0.753 e. The predicted octanol–water partition coefficient (Wildman–Crippen LogP) is 12.9. The molecular weight excluding hydrogens is 965 g/mol. The molecule has 0 fully saturated rings. The average Bonchev–Trinajstić information content (AvgIpc) is 4.05. The number of benzene rings is 8. The summed E-state index contributed by atoms with van der Waals surface area (Å²) in [5.41, 5.74) is 9.64. The number of thiocarbonyl (C=S) groups is 2. The molecule has 6 aromatic heterocycles. The van der Waals surface area contributed by atoms with Crippen LogP contribution in [-0.2, 0) is 17.1 Å². The van der Waals surface area contributed by atoms with Crippen LogP contribution >= 0.6 is 24.4 Å². The van der Waals surface area contributed by atoms with Gasteiger partial charge in [0, 0.05) is 57.5 Å². The standard InChI is InChI=1S/2C27H16N4.2CNS.Fe.2H2O/c2*1-3-9-18-16(7-1)15-17-8-2-4-10-19(17)22(18)27-30-25-20-11-5-13-28-23(20)24-21(26(25)31-27)12-6-14-29-24;2*2-1-3;;;/h2*1-15H,(H,30,31);;;;2*1H2/q;;2*-1;+2;;. The third-order valence-corrected chi connectivity index (χ3v) is 12.2. The second-order valence-electron chi connectivity index (χ2n) is 15.8. The predicted molar refractivity (Wildman–Crippen MR) is 293 cm³/mol. The van der Waals surface area contributed by atoms with Crippen molar-refractivity contribution in [2.75, 3.05) is 0 Å². The van der Waals surface area contributed by atoms with Crippen LogP contribution in [0.4, 0.5) is 0 Å². The first-order valence-electron chi connectivity index (χ1n) is 21.5. The van der Waals surface area contributed by atoms with Crippen molar-refractivity contribution >= 4 is 144 Å². The number of hydrogen-bond acceptors (Lipinski definition) is 8. The zero-order chi connectivity index (χ0) is 46.1. The van der Waals surface area contributed by atoms with E-state index in [0.29, 0.717) is 0 Å². The Morgan fingerprint density at radius 1 is 0.352 bits per heavy atom. The molecule has 71 heavy (non-hydrogen) atoms. The molecule has 6 N–H and O–H groups in total. The van der Waals surface area contributed by atoms with Crippen LogP contribution in [0.1, 0.15) is 0 Å². The Bertz CT molecular complexity index is 3840. The summed E-state index contributed by atoms with van der Waals surface area (Å²) < 4.78 is 0. The molecule has 0 radical (unpaired) electrons. The molecule has 0 aliphatic rings. The van der Waals surface area contributed by atoms with Crippen molar-refractivity contribution < 1.29 is 28.0 Å². The summed E-state index contributed by atoms with van der Waals surface area (Å²) in [4.78, 5) is 36.1. The molecule has 0 bridgehead atoms. The first-order chi connectivity index (χ1) is 33.6. The molecule has 12 nitrogen and oxygen atoms in total. The van der Waals surface area contributed by atoms with E-state index in [4.69, 9.17) is 20.8 Å². The minimum absolute atomic E-state index is 0. The molecule has 15 heteroatoms. The summed E-state index contributed by atoms with van der Waals surface area (Å²) in [7, 11) is 0. The van der Waals surface area contributed by atoms with Crippen molar-refractivity contribution in [3.05, 3.63) is 193 Å². The molecule has 0 unspecified atom stereocenters. The number of H-pyrrole nitrogens is 2. The Morgan fingerprint density at radius 3 is 0.915 bits per heavy atom. The first kappa shape index (κ1) is 48.9. The van der Waals surface area contributed by atoms with Crippen LogP contribution in [0.2, 0.25) is 0 Å². The van der Waals surface area contributed by atoms with Crippen molar-refractivity contribution in [1.29, 1.82) is 0 Å². The van der Waals surface area contributed by atoms with Crippen LogP contribution in [0.25, 0.3) is 142 Å². The van der Waals surface area contributed by atoms with Gasteiger partial charge in [-0.25, -0.2) is 9.97 Å². The van der Waals surface area contributed by atoms with E-state index in [9.17, 15) is 0 Å². The van der Waals surface area contributed by atoms with Gasteiger partial charge in [-0.1, -0.05) is 121 Å². The molecule has 0 saturated carbocycles. The largest absolute Gasteiger partial charge is 2.00 e. The summed E-state index contributed by atoms with van der Waals surface area (Å²) in [5, 5.41) is 30.6. The van der Waals surface area contributed by atoms with Crippen molar-refractivity contribution in [3.8, 4) is 22.8 Å². The van der Waals surface area contributed by atoms with Gasteiger partial charge in [-0.2, -0.15) is 10.3 Å². The van der Waals surface area contributed by atoms with Crippen molar-refractivity contribution in [1.82, 2.24) is 39.9 Å². The number of nitrogens with one attached hydrogen (secondary N) is 2. The minimum Gasteiger partial charge on any atom is -0.753 e. The fourth-order valence-electron chi connectivity index (χ4n) is 9.46. The topological polar surface area (TPSA) is 217 Å². The molecule has 8 aromatic carbocycles. The Labute approximate surface area is 425 Å². The quantitative estimate of drug-likeness (QED) is 0.0557. The first-order valence-corrected chi connectivity index (χ1v) is 22.3. The molecule has 6 heterocycles. The third-order valence-electron chi connectivity index (χ3n) is 12.2. The van der Waals surface area contributed by atoms with Gasteiger partial charge in [0.25, 0.3) is 0 Å². The summed E-state index contributed by atoms with van der Waals surface area (Å²) in [6.45, 7) is 0. The third kappa shape index (κ3) is 8.53. The van der Waals surface area contributed by atoms with Gasteiger partial charge in [0.05, 0.1) is 44.1 Å². The summed E-state index contributed by atoms with van der Waals surface area (Å²) in [5.74, 6) is 1.73. The Morgan fingerprint density at radius 2 is 0.606 bits per heavy atom. The van der Waals surface area contributed by atoms with E-state index < -0.39 is 0 Å². The van der Waals surface area contributed by atoms with E-state index in [1.165, 1.54) is 53.4 Å². The zero-order valence-corrected chi connectivity index (χ0v) is 39.8. The van der Waals surface area contributed by atoms with E-state index in [-0.39, 0.29) is 28.0 Å². The fraction of sp³-hybridized carbons (Fsp3) is 0. The van der Waals surface area contributed by atoms with Gasteiger partial charge in [0.2, 0.25) is 0 Å². The molecule has 0 atom stereocenters. The maximum Gasteiger partial charge on any atom is 2.00 e. The second kappa shape index (κ2) is 21.0. The molecular formula is C56H36FeN10O2S2. The molecule has 0 aliphatic heterocycles. The van der Waals surface area contributed by atoms with E-state index >= 15 is 0 Å². The summed E-state index contributed by atoms with van der Waals surface area (Å²) in [6, 6.07) is 54.6. The van der Waals surface area contributed by atoms with Gasteiger partial charge in [-0.3, -0.25) is 19.9 Å². The molecule has 0 amide bonds. The Kier molecular flexibility index (Phi) is 14.4. The number of hydrogen-bond donors (Lipinski definition) is 2. The second-order valence-corrected chi connectivity index (χ2v) is 16.2. The van der Waals surface area contributed by atoms with Crippen LogP contribution in [0.3, 0.4) is 0 Å². The molecule has 342 valence electrons. The van der Waals surface area contributed by atoms with Crippen LogP contribution in [0.5, 0.6) is 0 Å². The maximum absolute atomic E-state index is 7.13. The van der Waals surface area contributed by atoms with E-state index in [2.05, 4.69) is 188 Å². The van der Waals surface area contributed by atoms with Crippen LogP contribution in [-0.4, -0.2) is 61.1 Å². The summed E-state index contributed by atoms with van der Waals surface area (Å²) >= 11 is 7.40. The Hall–Kier alpha value is -8.58. The fourth-order valence-corrected chi connectivity index (χ4v) is 9.46. The van der Waals surface area contributed by atoms with Crippen molar-refractivity contribution in [3.63, 3.8) is 0 Å². The number of fused-ring (bicyclic) bond motifs is 16. The SMILES string of the molecule is O.O.[Fe+2].[N-]=C=S.[N-]=C=S.c1ccc2c(-c3nc4c5cccnc5c5ncccc5c4[nH]3)c3ccccc3cc2c1.c1ccc2c(-c3nc4c5cccnc5c5ncccc5c4[nH]3)c3ccccc3cc2c1. The van der Waals surface area contributed by atoms with E-state index in [1.54, 1.807) is 0 Å². The van der Waals surface area contributed by atoms with Gasteiger partial charge in [0.15, 0.2) is 0 Å². The van der Waals surface area contributed by atoms with Gasteiger partial charge in [-0.15, -0.1) is 0 Å². The van der Waals surface area contributed by atoms with Crippen LogP contribution < -0.4 is 0 Å². The monoisotopic (exact) mass is 1000 g/mol. The molecule has 0 spiro atoms. The maximum atomic E-state index is 7.13. The summed E-state index contributed by atoms with van der Waals surface area (Å²) in [6.07, 6.45) is 7.26. The number of imidazole rings is 2. The number of aromatic amines is 2.